The number of carbonyl (C=O) groups is 1. The van der Waals surface area contributed by atoms with Crippen molar-refractivity contribution in [1.29, 1.82) is 0 Å². The largest absolute Gasteiger partial charge is 0.324 e. The van der Waals surface area contributed by atoms with Gasteiger partial charge in [-0.25, -0.2) is 0 Å². The lowest BCUT2D eigenvalue weighted by Crippen LogP contribution is -2.30. The first kappa shape index (κ1) is 14.5. The number of carbonyl (C=O) groups excluding carboxylic acids is 1. The molecule has 20 heavy (non-hydrogen) atoms. The van der Waals surface area contributed by atoms with Crippen molar-refractivity contribution in [3.63, 3.8) is 0 Å². The molecule has 0 spiro atoms. The van der Waals surface area contributed by atoms with E-state index in [9.17, 15) is 4.79 Å². The lowest BCUT2D eigenvalue weighted by atomic mass is 10.1. The smallest absolute Gasteiger partial charge is 0.238 e. The van der Waals surface area contributed by atoms with E-state index in [2.05, 4.69) is 15.6 Å². The zero-order valence-electron chi connectivity index (χ0n) is 11.1. The summed E-state index contributed by atoms with van der Waals surface area (Å²) in [5.74, 6) is -0.126. The summed E-state index contributed by atoms with van der Waals surface area (Å²) in [5.41, 5.74) is 1.71. The second-order valence-corrected chi connectivity index (χ2v) is 4.82. The molecule has 2 aromatic rings. The highest BCUT2D eigenvalue weighted by atomic mass is 35.5. The molecule has 0 aliphatic rings. The number of nitrogens with one attached hydrogen (secondary N) is 2. The van der Waals surface area contributed by atoms with E-state index in [-0.39, 0.29) is 18.5 Å². The van der Waals surface area contributed by atoms with Gasteiger partial charge in [-0.1, -0.05) is 23.7 Å². The third kappa shape index (κ3) is 4.05. The first-order valence-electron chi connectivity index (χ1n) is 6.34. The standard InChI is InChI=1S/C15H16ClN3O/c1-11(12-6-8-17-9-7-12)18-10-15(20)19-14-5-3-2-4-13(14)16/h2-9,11,18H,10H2,1H3,(H,19,20)/t11-/m1/s1. The van der Waals surface area contributed by atoms with Gasteiger partial charge in [0.25, 0.3) is 0 Å². The average Bonchev–Trinajstić information content (AvgIpc) is 2.48. The highest BCUT2D eigenvalue weighted by molar-refractivity contribution is 6.33. The monoisotopic (exact) mass is 289 g/mol. The maximum absolute atomic E-state index is 11.9. The van der Waals surface area contributed by atoms with Gasteiger partial charge in [0.1, 0.15) is 0 Å². The molecule has 0 saturated heterocycles. The van der Waals surface area contributed by atoms with Gasteiger partial charge in [0, 0.05) is 18.4 Å². The first-order valence-corrected chi connectivity index (χ1v) is 6.72. The summed E-state index contributed by atoms with van der Waals surface area (Å²) in [7, 11) is 0. The quantitative estimate of drug-likeness (QED) is 0.889. The summed E-state index contributed by atoms with van der Waals surface area (Å²) >= 11 is 5.98. The topological polar surface area (TPSA) is 54.0 Å². The first-order chi connectivity index (χ1) is 9.66. The van der Waals surface area contributed by atoms with Crippen molar-refractivity contribution in [3.8, 4) is 0 Å². The van der Waals surface area contributed by atoms with E-state index in [0.717, 1.165) is 5.56 Å². The van der Waals surface area contributed by atoms with E-state index < -0.39 is 0 Å². The second kappa shape index (κ2) is 7.03. The van der Waals surface area contributed by atoms with Gasteiger partial charge in [0.2, 0.25) is 5.91 Å². The Hall–Kier alpha value is -1.91. The van der Waals surface area contributed by atoms with Crippen LogP contribution in [0.4, 0.5) is 5.69 Å². The number of amides is 1. The molecular weight excluding hydrogens is 274 g/mol. The van der Waals surface area contributed by atoms with Crippen LogP contribution in [0.5, 0.6) is 0 Å². The third-order valence-corrected chi connectivity index (χ3v) is 3.25. The lowest BCUT2D eigenvalue weighted by Gasteiger charge is -2.14. The van der Waals surface area contributed by atoms with E-state index in [0.29, 0.717) is 10.7 Å². The van der Waals surface area contributed by atoms with Crippen LogP contribution in [0.25, 0.3) is 0 Å². The Kier molecular flexibility index (Phi) is 5.09. The van der Waals surface area contributed by atoms with Crippen LogP contribution in [0, 0.1) is 0 Å². The van der Waals surface area contributed by atoms with Crippen LogP contribution in [0.3, 0.4) is 0 Å². The van der Waals surface area contributed by atoms with E-state index in [1.807, 2.05) is 31.2 Å². The van der Waals surface area contributed by atoms with Gasteiger partial charge in [0.15, 0.2) is 0 Å². The molecule has 2 N–H and O–H groups in total. The number of nitrogens with zero attached hydrogens (tertiary/aromatic N) is 1. The van der Waals surface area contributed by atoms with E-state index in [1.165, 1.54) is 0 Å². The molecule has 0 saturated carbocycles. The zero-order valence-corrected chi connectivity index (χ0v) is 11.9. The fraction of sp³-hybridized carbons (Fsp3) is 0.200. The normalized spacial score (nSPS) is 11.9. The molecule has 2 rings (SSSR count). The fourth-order valence-electron chi connectivity index (χ4n) is 1.77. The number of hydrogen-bond donors (Lipinski definition) is 2. The van der Waals surface area contributed by atoms with Gasteiger partial charge in [0.05, 0.1) is 17.3 Å². The SMILES string of the molecule is C[C@@H](NCC(=O)Nc1ccccc1Cl)c1ccncc1. The molecule has 104 valence electrons. The van der Waals surface area contributed by atoms with Crippen molar-refractivity contribution in [1.82, 2.24) is 10.3 Å². The van der Waals surface area contributed by atoms with Gasteiger partial charge in [-0.2, -0.15) is 0 Å². The molecule has 0 fully saturated rings. The van der Waals surface area contributed by atoms with Crippen molar-refractivity contribution in [2.45, 2.75) is 13.0 Å². The zero-order chi connectivity index (χ0) is 14.4. The minimum Gasteiger partial charge on any atom is -0.324 e. The lowest BCUT2D eigenvalue weighted by molar-refractivity contribution is -0.115. The Morgan fingerprint density at radius 1 is 1.25 bits per heavy atom. The maximum atomic E-state index is 11.9. The predicted octanol–water partition coefficient (Wildman–Crippen LogP) is 3.02. The number of pyridine rings is 1. The number of halogens is 1. The van der Waals surface area contributed by atoms with Crippen molar-refractivity contribution < 1.29 is 4.79 Å². The second-order valence-electron chi connectivity index (χ2n) is 4.41. The Bertz CT molecular complexity index is 574. The summed E-state index contributed by atoms with van der Waals surface area (Å²) in [6, 6.07) is 11.1. The summed E-state index contributed by atoms with van der Waals surface area (Å²) in [5, 5.41) is 6.46. The Morgan fingerprint density at radius 3 is 2.65 bits per heavy atom. The number of aromatic nitrogens is 1. The molecule has 4 nitrogen and oxygen atoms in total. The van der Waals surface area contributed by atoms with Crippen LogP contribution < -0.4 is 10.6 Å². The summed E-state index contributed by atoms with van der Waals surface area (Å²) in [4.78, 5) is 15.8. The van der Waals surface area contributed by atoms with Gasteiger partial charge < -0.3 is 10.6 Å². The third-order valence-electron chi connectivity index (χ3n) is 2.92. The molecule has 0 aliphatic heterocycles. The van der Waals surface area contributed by atoms with Crippen LogP contribution in [0.1, 0.15) is 18.5 Å². The molecule has 1 aromatic heterocycles. The van der Waals surface area contributed by atoms with Gasteiger partial charge in [-0.3, -0.25) is 9.78 Å². The summed E-state index contributed by atoms with van der Waals surface area (Å²) in [6.45, 7) is 2.22. The van der Waals surface area contributed by atoms with Crippen LogP contribution >= 0.6 is 11.6 Å². The number of hydrogen-bond acceptors (Lipinski definition) is 3. The molecule has 1 aromatic carbocycles. The van der Waals surface area contributed by atoms with Crippen molar-refractivity contribution in [3.05, 3.63) is 59.4 Å². The molecule has 0 bridgehead atoms. The minimum absolute atomic E-state index is 0.0787. The molecule has 1 atom stereocenters. The van der Waals surface area contributed by atoms with Crippen LogP contribution in [0.15, 0.2) is 48.8 Å². The maximum Gasteiger partial charge on any atom is 0.238 e. The van der Waals surface area contributed by atoms with E-state index in [1.54, 1.807) is 24.5 Å². The average molecular weight is 290 g/mol. The molecule has 0 aliphatic carbocycles. The number of benzene rings is 1. The van der Waals surface area contributed by atoms with Crippen molar-refractivity contribution in [2.24, 2.45) is 0 Å². The van der Waals surface area contributed by atoms with Crippen LogP contribution in [0.2, 0.25) is 5.02 Å². The molecule has 1 amide bonds. The van der Waals surface area contributed by atoms with Crippen molar-refractivity contribution in [2.75, 3.05) is 11.9 Å². The highest BCUT2D eigenvalue weighted by Crippen LogP contribution is 2.20. The van der Waals surface area contributed by atoms with Crippen LogP contribution in [-0.4, -0.2) is 17.4 Å². The van der Waals surface area contributed by atoms with E-state index >= 15 is 0 Å². The van der Waals surface area contributed by atoms with Gasteiger partial charge in [-0.05, 0) is 36.8 Å². The van der Waals surface area contributed by atoms with Crippen LogP contribution in [-0.2, 0) is 4.79 Å². The Labute approximate surface area is 123 Å². The molecule has 0 unspecified atom stereocenters. The Morgan fingerprint density at radius 2 is 1.95 bits per heavy atom. The minimum atomic E-state index is -0.126. The van der Waals surface area contributed by atoms with Crippen molar-refractivity contribution >= 4 is 23.2 Å². The summed E-state index contributed by atoms with van der Waals surface area (Å²) in [6.07, 6.45) is 3.47. The number of anilines is 1. The summed E-state index contributed by atoms with van der Waals surface area (Å²) < 4.78 is 0. The van der Waals surface area contributed by atoms with Gasteiger partial charge in [-0.15, -0.1) is 0 Å². The molecule has 1 heterocycles. The number of para-hydroxylation sites is 1. The highest BCUT2D eigenvalue weighted by Gasteiger charge is 2.08. The predicted molar refractivity (Wildman–Crippen MR) is 80.7 cm³/mol. The number of rotatable bonds is 5. The Balaban J connectivity index is 1.85. The van der Waals surface area contributed by atoms with Gasteiger partial charge >= 0.3 is 0 Å². The van der Waals surface area contributed by atoms with E-state index in [4.69, 9.17) is 11.6 Å². The molecular formula is C15H16ClN3O. The molecule has 5 heteroatoms. The fourth-order valence-corrected chi connectivity index (χ4v) is 1.96. The molecule has 0 radical (unpaired) electrons.